The van der Waals surface area contributed by atoms with Gasteiger partial charge < -0.3 is 14.1 Å². The van der Waals surface area contributed by atoms with Gasteiger partial charge >= 0.3 is 0 Å². The van der Waals surface area contributed by atoms with Crippen LogP contribution in [-0.2, 0) is 16.1 Å². The highest BCUT2D eigenvalue weighted by atomic mass is 16.5. The number of furan rings is 1. The van der Waals surface area contributed by atoms with E-state index in [9.17, 15) is 14.4 Å². The third-order valence-corrected chi connectivity index (χ3v) is 5.11. The van der Waals surface area contributed by atoms with Crippen LogP contribution in [0.1, 0.15) is 41.6 Å². The molecule has 0 spiro atoms. The number of carbonyl (C=O) groups excluding carboxylic acids is 3. The summed E-state index contributed by atoms with van der Waals surface area (Å²) >= 11 is 0. The van der Waals surface area contributed by atoms with Crippen LogP contribution in [0.5, 0.6) is 5.75 Å². The van der Waals surface area contributed by atoms with Gasteiger partial charge in [0.15, 0.2) is 5.78 Å². The standard InChI is InChI=1S/C24H22N2O5/c1-15(2)31-18-9-7-17(8-10-18)22(27)20-21(19-6-4-12-30-19)26(24(29)23(20)28)14-16-5-3-11-25-13-16/h3-13,15,20-21H,14H2,1-2H3. The van der Waals surface area contributed by atoms with E-state index in [2.05, 4.69) is 4.98 Å². The summed E-state index contributed by atoms with van der Waals surface area (Å²) in [5, 5.41) is 0. The van der Waals surface area contributed by atoms with Gasteiger partial charge in [0.05, 0.1) is 12.4 Å². The predicted octanol–water partition coefficient (Wildman–Crippen LogP) is 3.61. The fraction of sp³-hybridized carbons (Fsp3) is 0.250. The number of rotatable bonds is 7. The van der Waals surface area contributed by atoms with E-state index in [0.29, 0.717) is 17.1 Å². The number of likely N-dealkylation sites (tertiary alicyclic amines) is 1. The summed E-state index contributed by atoms with van der Waals surface area (Å²) in [6.07, 6.45) is 4.72. The van der Waals surface area contributed by atoms with Gasteiger partial charge in [0, 0.05) is 24.5 Å². The zero-order valence-electron chi connectivity index (χ0n) is 17.2. The van der Waals surface area contributed by atoms with Crippen molar-refractivity contribution in [2.75, 3.05) is 0 Å². The fourth-order valence-corrected chi connectivity index (χ4v) is 3.77. The number of amides is 1. The molecule has 0 saturated carbocycles. The first kappa shape index (κ1) is 20.5. The zero-order valence-corrected chi connectivity index (χ0v) is 17.2. The maximum atomic E-state index is 13.3. The van der Waals surface area contributed by atoms with Crippen molar-refractivity contribution in [2.45, 2.75) is 32.5 Å². The highest BCUT2D eigenvalue weighted by molar-refractivity contribution is 6.43. The number of ether oxygens (including phenoxy) is 1. The topological polar surface area (TPSA) is 89.7 Å². The van der Waals surface area contributed by atoms with Gasteiger partial charge in [-0.15, -0.1) is 0 Å². The maximum Gasteiger partial charge on any atom is 0.291 e. The summed E-state index contributed by atoms with van der Waals surface area (Å²) in [7, 11) is 0. The molecular weight excluding hydrogens is 396 g/mol. The Labute approximate surface area is 179 Å². The van der Waals surface area contributed by atoms with Crippen LogP contribution in [0.4, 0.5) is 0 Å². The van der Waals surface area contributed by atoms with Crippen molar-refractivity contribution >= 4 is 17.5 Å². The first-order valence-corrected chi connectivity index (χ1v) is 10.0. The molecule has 0 N–H and O–H groups in total. The van der Waals surface area contributed by atoms with Gasteiger partial charge in [0.1, 0.15) is 23.5 Å². The summed E-state index contributed by atoms with van der Waals surface area (Å²) in [5.74, 6) is -2.04. The third-order valence-electron chi connectivity index (χ3n) is 5.11. The molecule has 0 radical (unpaired) electrons. The highest BCUT2D eigenvalue weighted by Crippen LogP contribution is 2.39. The van der Waals surface area contributed by atoms with Crippen LogP contribution in [0.25, 0.3) is 0 Å². The Morgan fingerprint density at radius 1 is 1.13 bits per heavy atom. The van der Waals surface area contributed by atoms with Gasteiger partial charge in [-0.05, 0) is 61.9 Å². The second-order valence-electron chi connectivity index (χ2n) is 7.65. The fourth-order valence-electron chi connectivity index (χ4n) is 3.77. The number of aromatic nitrogens is 1. The van der Waals surface area contributed by atoms with Crippen LogP contribution in [0, 0.1) is 5.92 Å². The quantitative estimate of drug-likeness (QED) is 0.331. The number of nitrogens with zero attached hydrogens (tertiary/aromatic N) is 2. The molecule has 1 saturated heterocycles. The lowest BCUT2D eigenvalue weighted by Crippen LogP contribution is -2.30. The summed E-state index contributed by atoms with van der Waals surface area (Å²) < 4.78 is 11.1. The van der Waals surface area contributed by atoms with Crippen LogP contribution >= 0.6 is 0 Å². The summed E-state index contributed by atoms with van der Waals surface area (Å²) in [6.45, 7) is 3.97. The Morgan fingerprint density at radius 2 is 1.90 bits per heavy atom. The average molecular weight is 418 g/mol. The normalized spacial score (nSPS) is 18.6. The van der Waals surface area contributed by atoms with Crippen molar-refractivity contribution in [3.63, 3.8) is 0 Å². The molecule has 1 aliphatic rings. The molecule has 2 aromatic heterocycles. The van der Waals surface area contributed by atoms with E-state index in [0.717, 1.165) is 5.56 Å². The van der Waals surface area contributed by atoms with Crippen LogP contribution < -0.4 is 4.74 Å². The van der Waals surface area contributed by atoms with E-state index < -0.39 is 29.4 Å². The molecule has 158 valence electrons. The second kappa shape index (κ2) is 8.55. The molecule has 3 aromatic rings. The second-order valence-corrected chi connectivity index (χ2v) is 7.65. The van der Waals surface area contributed by atoms with Gasteiger partial charge in [-0.1, -0.05) is 6.07 Å². The number of benzene rings is 1. The van der Waals surface area contributed by atoms with Crippen molar-refractivity contribution in [2.24, 2.45) is 5.92 Å². The Kier molecular flexibility index (Phi) is 5.66. The molecule has 0 aliphatic carbocycles. The van der Waals surface area contributed by atoms with Crippen LogP contribution in [0.3, 0.4) is 0 Å². The summed E-state index contributed by atoms with van der Waals surface area (Å²) in [5.41, 5.74) is 1.09. The summed E-state index contributed by atoms with van der Waals surface area (Å²) in [6, 6.07) is 12.7. The smallest absolute Gasteiger partial charge is 0.291 e. The molecule has 1 fully saturated rings. The van der Waals surface area contributed by atoms with Crippen molar-refractivity contribution in [3.8, 4) is 5.75 Å². The Morgan fingerprint density at radius 3 is 2.52 bits per heavy atom. The summed E-state index contributed by atoms with van der Waals surface area (Å²) in [4.78, 5) is 44.6. The molecule has 3 heterocycles. The van der Waals surface area contributed by atoms with Crippen LogP contribution in [-0.4, -0.2) is 33.5 Å². The van der Waals surface area contributed by atoms with Crippen molar-refractivity contribution in [1.82, 2.24) is 9.88 Å². The Balaban J connectivity index is 1.67. The van der Waals surface area contributed by atoms with E-state index in [1.807, 2.05) is 19.9 Å². The van der Waals surface area contributed by atoms with Crippen LogP contribution in [0.2, 0.25) is 0 Å². The van der Waals surface area contributed by atoms with Gasteiger partial charge in [0.2, 0.25) is 5.78 Å². The van der Waals surface area contributed by atoms with E-state index in [1.165, 1.54) is 11.2 Å². The monoisotopic (exact) mass is 418 g/mol. The minimum Gasteiger partial charge on any atom is -0.491 e. The van der Waals surface area contributed by atoms with Crippen molar-refractivity contribution in [1.29, 1.82) is 0 Å². The molecule has 2 unspecified atom stereocenters. The van der Waals surface area contributed by atoms with E-state index >= 15 is 0 Å². The number of ketones is 2. The number of carbonyl (C=O) groups is 3. The molecule has 0 bridgehead atoms. The average Bonchev–Trinajstić information content (AvgIpc) is 3.37. The molecule has 1 amide bonds. The Bertz CT molecular complexity index is 1070. The molecule has 2 atom stereocenters. The van der Waals surface area contributed by atoms with Gasteiger partial charge in [-0.25, -0.2) is 0 Å². The van der Waals surface area contributed by atoms with Gasteiger partial charge in [-0.2, -0.15) is 0 Å². The number of pyridine rings is 1. The zero-order chi connectivity index (χ0) is 22.0. The van der Waals surface area contributed by atoms with Gasteiger partial charge in [-0.3, -0.25) is 19.4 Å². The molecule has 4 rings (SSSR count). The minimum absolute atomic E-state index is 0.0000459. The maximum absolute atomic E-state index is 13.3. The number of Topliss-reactive ketones (excluding diaryl/α,β-unsaturated/α-hetero) is 2. The first-order chi connectivity index (χ1) is 15.0. The molecular formula is C24H22N2O5. The third kappa shape index (κ3) is 4.12. The van der Waals surface area contributed by atoms with E-state index in [1.54, 1.807) is 54.9 Å². The number of hydrogen-bond acceptors (Lipinski definition) is 6. The lowest BCUT2D eigenvalue weighted by Gasteiger charge is -2.25. The molecule has 1 aromatic carbocycles. The molecule has 7 heteroatoms. The number of hydrogen-bond donors (Lipinski definition) is 0. The predicted molar refractivity (Wildman–Crippen MR) is 111 cm³/mol. The largest absolute Gasteiger partial charge is 0.491 e. The van der Waals surface area contributed by atoms with Crippen molar-refractivity contribution < 1.29 is 23.5 Å². The first-order valence-electron chi connectivity index (χ1n) is 10.0. The minimum atomic E-state index is -1.19. The van der Waals surface area contributed by atoms with E-state index in [-0.39, 0.29) is 12.6 Å². The lowest BCUT2D eigenvalue weighted by atomic mass is 9.88. The molecule has 31 heavy (non-hydrogen) atoms. The van der Waals surface area contributed by atoms with Gasteiger partial charge in [0.25, 0.3) is 5.91 Å². The highest BCUT2D eigenvalue weighted by Gasteiger charge is 2.52. The van der Waals surface area contributed by atoms with Crippen molar-refractivity contribution in [3.05, 3.63) is 84.1 Å². The SMILES string of the molecule is CC(C)Oc1ccc(C(=O)C2C(=O)C(=O)N(Cc3cccnc3)C2c2ccco2)cc1. The van der Waals surface area contributed by atoms with Crippen LogP contribution in [0.15, 0.2) is 71.6 Å². The lowest BCUT2D eigenvalue weighted by molar-refractivity contribution is -0.141. The Hall–Kier alpha value is -3.74. The molecule has 1 aliphatic heterocycles. The molecule has 7 nitrogen and oxygen atoms in total. The van der Waals surface area contributed by atoms with E-state index in [4.69, 9.17) is 9.15 Å².